The SMILES string of the molecule is CCc1c(C)ccc(C(C)=O)c1C(C)=O. The Morgan fingerprint density at radius 1 is 1.13 bits per heavy atom. The van der Waals surface area contributed by atoms with Crippen LogP contribution in [0.3, 0.4) is 0 Å². The summed E-state index contributed by atoms with van der Waals surface area (Å²) in [6, 6.07) is 3.65. The Hall–Kier alpha value is -1.44. The quantitative estimate of drug-likeness (QED) is 0.709. The predicted molar refractivity (Wildman–Crippen MR) is 60.6 cm³/mol. The first-order valence-electron chi connectivity index (χ1n) is 5.13. The summed E-state index contributed by atoms with van der Waals surface area (Å²) in [5, 5.41) is 0. The second-order valence-electron chi connectivity index (χ2n) is 3.75. The third-order valence-corrected chi connectivity index (χ3v) is 2.63. The summed E-state index contributed by atoms with van der Waals surface area (Å²) < 4.78 is 0. The highest BCUT2D eigenvalue weighted by Crippen LogP contribution is 2.20. The van der Waals surface area contributed by atoms with Crippen LogP contribution in [0, 0.1) is 6.92 Å². The number of carbonyl (C=O) groups excluding carboxylic acids is 2. The number of benzene rings is 1. The third kappa shape index (κ3) is 2.14. The maximum Gasteiger partial charge on any atom is 0.160 e. The Balaban J connectivity index is 3.56. The third-order valence-electron chi connectivity index (χ3n) is 2.63. The molecular weight excluding hydrogens is 188 g/mol. The molecule has 0 amide bonds. The minimum atomic E-state index is -0.0464. The minimum Gasteiger partial charge on any atom is -0.294 e. The molecule has 15 heavy (non-hydrogen) atoms. The van der Waals surface area contributed by atoms with Gasteiger partial charge in [0.25, 0.3) is 0 Å². The Kier molecular flexibility index (Phi) is 3.40. The molecule has 0 spiro atoms. The zero-order valence-electron chi connectivity index (χ0n) is 9.68. The molecule has 0 aromatic heterocycles. The summed E-state index contributed by atoms with van der Waals surface area (Å²) in [5.41, 5.74) is 3.22. The number of ketones is 2. The van der Waals surface area contributed by atoms with E-state index in [-0.39, 0.29) is 11.6 Å². The van der Waals surface area contributed by atoms with Gasteiger partial charge in [0.15, 0.2) is 11.6 Å². The van der Waals surface area contributed by atoms with E-state index in [1.807, 2.05) is 19.9 Å². The van der Waals surface area contributed by atoms with Gasteiger partial charge in [-0.3, -0.25) is 9.59 Å². The van der Waals surface area contributed by atoms with Gasteiger partial charge in [0, 0.05) is 11.1 Å². The first kappa shape index (κ1) is 11.6. The zero-order chi connectivity index (χ0) is 11.6. The Labute approximate surface area is 90.3 Å². The fraction of sp³-hybridized carbons (Fsp3) is 0.385. The van der Waals surface area contributed by atoms with E-state index in [2.05, 4.69) is 0 Å². The summed E-state index contributed by atoms with van der Waals surface area (Å²) in [6.07, 6.45) is 0.780. The van der Waals surface area contributed by atoms with Crippen molar-refractivity contribution in [2.45, 2.75) is 34.1 Å². The molecular formula is C13H16O2. The number of carbonyl (C=O) groups is 2. The summed E-state index contributed by atoms with van der Waals surface area (Å²) in [6.45, 7) is 6.98. The largest absolute Gasteiger partial charge is 0.294 e. The highest BCUT2D eigenvalue weighted by atomic mass is 16.1. The second kappa shape index (κ2) is 4.39. The van der Waals surface area contributed by atoms with Gasteiger partial charge in [0.05, 0.1) is 0 Å². The van der Waals surface area contributed by atoms with Gasteiger partial charge < -0.3 is 0 Å². The number of hydrogen-bond acceptors (Lipinski definition) is 2. The number of Topliss-reactive ketones (excluding diaryl/α,β-unsaturated/α-hetero) is 2. The van der Waals surface area contributed by atoms with Crippen LogP contribution in [0.2, 0.25) is 0 Å². The maximum absolute atomic E-state index is 11.6. The maximum atomic E-state index is 11.6. The standard InChI is InChI=1S/C13H16O2/c1-5-11-8(2)6-7-12(9(3)14)13(11)10(4)15/h6-7H,5H2,1-4H3. The Bertz CT molecular complexity index is 417. The van der Waals surface area contributed by atoms with Crippen molar-refractivity contribution in [1.82, 2.24) is 0 Å². The van der Waals surface area contributed by atoms with Crippen LogP contribution in [-0.4, -0.2) is 11.6 Å². The van der Waals surface area contributed by atoms with E-state index in [1.165, 1.54) is 13.8 Å². The number of hydrogen-bond donors (Lipinski definition) is 0. The highest BCUT2D eigenvalue weighted by molar-refractivity contribution is 6.08. The molecule has 0 saturated heterocycles. The molecule has 0 bridgehead atoms. The molecule has 0 heterocycles. The van der Waals surface area contributed by atoms with Gasteiger partial charge in [0.2, 0.25) is 0 Å². The van der Waals surface area contributed by atoms with Crippen molar-refractivity contribution in [2.24, 2.45) is 0 Å². The van der Waals surface area contributed by atoms with E-state index >= 15 is 0 Å². The van der Waals surface area contributed by atoms with Gasteiger partial charge in [-0.2, -0.15) is 0 Å². The van der Waals surface area contributed by atoms with Crippen molar-refractivity contribution >= 4 is 11.6 Å². The molecule has 1 rings (SSSR count). The van der Waals surface area contributed by atoms with E-state index < -0.39 is 0 Å². The molecule has 2 nitrogen and oxygen atoms in total. The van der Waals surface area contributed by atoms with Gasteiger partial charge in [0.1, 0.15) is 0 Å². The van der Waals surface area contributed by atoms with Crippen LogP contribution in [0.15, 0.2) is 12.1 Å². The predicted octanol–water partition coefficient (Wildman–Crippen LogP) is 2.96. The molecule has 0 aliphatic carbocycles. The first-order chi connectivity index (χ1) is 6.99. The van der Waals surface area contributed by atoms with Crippen LogP contribution in [0.25, 0.3) is 0 Å². The van der Waals surface area contributed by atoms with Gasteiger partial charge in [-0.25, -0.2) is 0 Å². The molecule has 0 saturated carbocycles. The van der Waals surface area contributed by atoms with Gasteiger partial charge in [-0.05, 0) is 38.3 Å². The lowest BCUT2D eigenvalue weighted by atomic mass is 9.91. The zero-order valence-corrected chi connectivity index (χ0v) is 9.68. The Morgan fingerprint density at radius 2 is 1.73 bits per heavy atom. The number of aryl methyl sites for hydroxylation is 1. The summed E-state index contributed by atoms with van der Waals surface area (Å²) in [4.78, 5) is 22.9. The average molecular weight is 204 g/mol. The molecule has 1 aromatic carbocycles. The van der Waals surface area contributed by atoms with Gasteiger partial charge in [-0.1, -0.05) is 19.1 Å². The fourth-order valence-electron chi connectivity index (χ4n) is 1.90. The first-order valence-corrected chi connectivity index (χ1v) is 5.13. The van der Waals surface area contributed by atoms with Gasteiger partial charge >= 0.3 is 0 Å². The van der Waals surface area contributed by atoms with Crippen molar-refractivity contribution in [3.8, 4) is 0 Å². The average Bonchev–Trinajstić information content (AvgIpc) is 2.16. The van der Waals surface area contributed by atoms with Crippen molar-refractivity contribution in [1.29, 1.82) is 0 Å². The van der Waals surface area contributed by atoms with Gasteiger partial charge in [-0.15, -0.1) is 0 Å². The smallest absolute Gasteiger partial charge is 0.160 e. The van der Waals surface area contributed by atoms with Crippen LogP contribution in [0.4, 0.5) is 0 Å². The lowest BCUT2D eigenvalue weighted by Crippen LogP contribution is -2.09. The molecule has 0 unspecified atom stereocenters. The van der Waals surface area contributed by atoms with Crippen LogP contribution in [-0.2, 0) is 6.42 Å². The molecule has 2 heteroatoms. The summed E-state index contributed by atoms with van der Waals surface area (Å²) in [7, 11) is 0. The molecule has 80 valence electrons. The van der Waals surface area contributed by atoms with Crippen LogP contribution >= 0.6 is 0 Å². The van der Waals surface area contributed by atoms with E-state index in [0.717, 1.165) is 17.5 Å². The molecule has 0 radical (unpaired) electrons. The molecule has 0 fully saturated rings. The molecule has 0 aliphatic rings. The molecule has 0 aliphatic heterocycles. The Morgan fingerprint density at radius 3 is 2.13 bits per heavy atom. The monoisotopic (exact) mass is 204 g/mol. The minimum absolute atomic E-state index is 0.0271. The second-order valence-corrected chi connectivity index (χ2v) is 3.75. The molecule has 1 aromatic rings. The van der Waals surface area contributed by atoms with E-state index in [9.17, 15) is 9.59 Å². The van der Waals surface area contributed by atoms with E-state index in [4.69, 9.17) is 0 Å². The van der Waals surface area contributed by atoms with E-state index in [0.29, 0.717) is 11.1 Å². The topological polar surface area (TPSA) is 34.1 Å². The molecule has 0 N–H and O–H groups in total. The highest BCUT2D eigenvalue weighted by Gasteiger charge is 2.16. The fourth-order valence-corrected chi connectivity index (χ4v) is 1.90. The summed E-state index contributed by atoms with van der Waals surface area (Å²) >= 11 is 0. The van der Waals surface area contributed by atoms with Crippen LogP contribution in [0.5, 0.6) is 0 Å². The van der Waals surface area contributed by atoms with Crippen molar-refractivity contribution in [3.05, 3.63) is 34.4 Å². The van der Waals surface area contributed by atoms with Crippen molar-refractivity contribution in [2.75, 3.05) is 0 Å². The lowest BCUT2D eigenvalue weighted by Gasteiger charge is -2.12. The van der Waals surface area contributed by atoms with Crippen LogP contribution in [0.1, 0.15) is 52.6 Å². The number of rotatable bonds is 3. The summed E-state index contributed by atoms with van der Waals surface area (Å²) in [5.74, 6) is -0.0735. The van der Waals surface area contributed by atoms with Crippen LogP contribution < -0.4 is 0 Å². The van der Waals surface area contributed by atoms with E-state index in [1.54, 1.807) is 6.07 Å². The van der Waals surface area contributed by atoms with Crippen molar-refractivity contribution in [3.63, 3.8) is 0 Å². The normalized spacial score (nSPS) is 10.1. The van der Waals surface area contributed by atoms with Crippen molar-refractivity contribution < 1.29 is 9.59 Å². The lowest BCUT2D eigenvalue weighted by molar-refractivity contribution is 0.0980. The molecule has 0 atom stereocenters.